The van der Waals surface area contributed by atoms with Gasteiger partial charge in [0, 0.05) is 30.1 Å². The molecule has 2 saturated heterocycles. The zero-order valence-corrected chi connectivity index (χ0v) is 13.8. The summed E-state index contributed by atoms with van der Waals surface area (Å²) in [6.45, 7) is 8.59. The zero-order chi connectivity index (χ0) is 14.6. The van der Waals surface area contributed by atoms with E-state index in [0.29, 0.717) is 12.1 Å². The molecule has 4 rings (SSSR count). The van der Waals surface area contributed by atoms with Crippen molar-refractivity contribution in [1.82, 2.24) is 15.3 Å². The molecule has 2 aliphatic rings. The van der Waals surface area contributed by atoms with Crippen molar-refractivity contribution < 1.29 is 0 Å². The Bertz CT molecular complexity index is 693. The van der Waals surface area contributed by atoms with Crippen LogP contribution in [0.1, 0.15) is 35.5 Å². The van der Waals surface area contributed by atoms with Gasteiger partial charge in [-0.3, -0.25) is 0 Å². The molecule has 2 aliphatic heterocycles. The maximum Gasteiger partial charge on any atom is 0.141 e. The fourth-order valence-corrected chi connectivity index (χ4v) is 4.77. The molecule has 112 valence electrons. The van der Waals surface area contributed by atoms with Crippen LogP contribution in [0.15, 0.2) is 0 Å². The summed E-state index contributed by atoms with van der Waals surface area (Å²) in [5, 5.41) is 5.03. The number of aromatic nitrogens is 2. The van der Waals surface area contributed by atoms with Crippen LogP contribution < -0.4 is 10.2 Å². The molecular formula is C16H22N4S. The van der Waals surface area contributed by atoms with Gasteiger partial charge in [-0.1, -0.05) is 0 Å². The molecular weight excluding hydrogens is 280 g/mol. The van der Waals surface area contributed by atoms with Crippen molar-refractivity contribution >= 4 is 27.4 Å². The van der Waals surface area contributed by atoms with Gasteiger partial charge in [0.1, 0.15) is 16.5 Å². The summed E-state index contributed by atoms with van der Waals surface area (Å²) in [5.41, 5.74) is 1.35. The van der Waals surface area contributed by atoms with Crippen LogP contribution >= 0.6 is 11.3 Å². The Hall–Kier alpha value is -1.20. The maximum atomic E-state index is 4.82. The summed E-state index contributed by atoms with van der Waals surface area (Å²) in [6, 6.07) is 1.34. The van der Waals surface area contributed by atoms with Gasteiger partial charge in [0.05, 0.1) is 5.39 Å². The third-order valence-electron chi connectivity index (χ3n) is 4.94. The standard InChI is InChI=1S/C16H22N4S/c1-9-10(2)21-16-14(9)15(17-11(3)18-16)20-7-6-12-4-5-13(8-20)19-12/h12-13,19H,4-8H2,1-3H3. The molecule has 1 N–H and O–H groups in total. The highest BCUT2D eigenvalue weighted by molar-refractivity contribution is 7.18. The minimum absolute atomic E-state index is 0.628. The summed E-state index contributed by atoms with van der Waals surface area (Å²) in [6.07, 6.45) is 3.87. The third-order valence-corrected chi connectivity index (χ3v) is 6.05. The maximum absolute atomic E-state index is 4.82. The molecule has 0 aliphatic carbocycles. The van der Waals surface area contributed by atoms with Crippen molar-refractivity contribution in [2.24, 2.45) is 0 Å². The zero-order valence-electron chi connectivity index (χ0n) is 12.9. The number of nitrogens with one attached hydrogen (secondary N) is 1. The summed E-state index contributed by atoms with van der Waals surface area (Å²) < 4.78 is 0. The Balaban J connectivity index is 1.81. The first-order valence-corrected chi connectivity index (χ1v) is 8.69. The second kappa shape index (κ2) is 4.92. The van der Waals surface area contributed by atoms with Gasteiger partial charge < -0.3 is 10.2 Å². The summed E-state index contributed by atoms with van der Waals surface area (Å²) in [7, 11) is 0. The Kier molecular flexibility index (Phi) is 3.15. The first kappa shape index (κ1) is 13.5. The molecule has 2 aromatic rings. The lowest BCUT2D eigenvalue weighted by molar-refractivity contribution is 0.563. The highest BCUT2D eigenvalue weighted by Crippen LogP contribution is 2.36. The van der Waals surface area contributed by atoms with Crippen molar-refractivity contribution in [2.75, 3.05) is 18.0 Å². The second-order valence-electron chi connectivity index (χ2n) is 6.43. The minimum atomic E-state index is 0.628. The molecule has 2 unspecified atom stereocenters. The molecule has 0 spiro atoms. The van der Waals surface area contributed by atoms with Gasteiger partial charge in [0.15, 0.2) is 0 Å². The first-order chi connectivity index (χ1) is 10.1. The van der Waals surface area contributed by atoms with E-state index in [1.807, 2.05) is 6.92 Å². The second-order valence-corrected chi connectivity index (χ2v) is 7.63. The lowest BCUT2D eigenvalue weighted by atomic mass is 10.1. The average Bonchev–Trinajstić information content (AvgIpc) is 2.90. The predicted octanol–water partition coefficient (Wildman–Crippen LogP) is 2.95. The van der Waals surface area contributed by atoms with Crippen LogP contribution in [0.25, 0.3) is 10.2 Å². The Morgan fingerprint density at radius 3 is 2.76 bits per heavy atom. The van der Waals surface area contributed by atoms with Gasteiger partial charge in [-0.2, -0.15) is 0 Å². The highest BCUT2D eigenvalue weighted by Gasteiger charge is 2.31. The third kappa shape index (κ3) is 2.23. The molecule has 4 heterocycles. The average molecular weight is 302 g/mol. The molecule has 2 atom stereocenters. The highest BCUT2D eigenvalue weighted by atomic mass is 32.1. The lowest BCUT2D eigenvalue weighted by Gasteiger charge is -2.26. The van der Waals surface area contributed by atoms with Crippen LogP contribution in [0.5, 0.6) is 0 Å². The summed E-state index contributed by atoms with van der Waals surface area (Å²) in [4.78, 5) is 14.5. The number of anilines is 1. The van der Waals surface area contributed by atoms with Crippen molar-refractivity contribution in [3.63, 3.8) is 0 Å². The monoisotopic (exact) mass is 302 g/mol. The van der Waals surface area contributed by atoms with Crippen molar-refractivity contribution in [2.45, 2.75) is 52.1 Å². The molecule has 2 aromatic heterocycles. The Morgan fingerprint density at radius 1 is 1.10 bits per heavy atom. The largest absolute Gasteiger partial charge is 0.354 e. The normalized spacial score (nSPS) is 25.6. The molecule has 2 bridgehead atoms. The molecule has 0 aromatic carbocycles. The first-order valence-electron chi connectivity index (χ1n) is 7.87. The van der Waals surface area contributed by atoms with E-state index in [-0.39, 0.29) is 0 Å². The van der Waals surface area contributed by atoms with E-state index >= 15 is 0 Å². The predicted molar refractivity (Wildman–Crippen MR) is 88.4 cm³/mol. The van der Waals surface area contributed by atoms with Crippen LogP contribution in [-0.2, 0) is 0 Å². The fourth-order valence-electron chi connectivity index (χ4n) is 3.70. The molecule has 0 saturated carbocycles. The van der Waals surface area contributed by atoms with Gasteiger partial charge in [-0.15, -0.1) is 11.3 Å². The van der Waals surface area contributed by atoms with Crippen molar-refractivity contribution in [1.29, 1.82) is 0 Å². The van der Waals surface area contributed by atoms with Gasteiger partial charge in [0.25, 0.3) is 0 Å². The molecule has 2 fully saturated rings. The van der Waals surface area contributed by atoms with Crippen LogP contribution in [0.4, 0.5) is 5.82 Å². The number of aryl methyl sites for hydroxylation is 3. The molecule has 5 heteroatoms. The number of hydrogen-bond acceptors (Lipinski definition) is 5. The topological polar surface area (TPSA) is 41.1 Å². The van der Waals surface area contributed by atoms with Gasteiger partial charge >= 0.3 is 0 Å². The van der Waals surface area contributed by atoms with Crippen molar-refractivity contribution in [3.8, 4) is 0 Å². The number of nitrogens with zero attached hydrogens (tertiary/aromatic N) is 3. The van der Waals surface area contributed by atoms with Gasteiger partial charge in [-0.05, 0) is 45.6 Å². The van der Waals surface area contributed by atoms with Crippen LogP contribution in [-0.4, -0.2) is 35.1 Å². The van der Waals surface area contributed by atoms with E-state index in [1.54, 1.807) is 11.3 Å². The summed E-state index contributed by atoms with van der Waals surface area (Å²) >= 11 is 1.80. The van der Waals surface area contributed by atoms with Crippen LogP contribution in [0.3, 0.4) is 0 Å². The molecule has 0 amide bonds. The van der Waals surface area contributed by atoms with E-state index in [9.17, 15) is 0 Å². The number of hydrogen-bond donors (Lipinski definition) is 1. The summed E-state index contributed by atoms with van der Waals surface area (Å²) in [5.74, 6) is 2.05. The molecule has 0 radical (unpaired) electrons. The fraction of sp³-hybridized carbons (Fsp3) is 0.625. The van der Waals surface area contributed by atoms with Gasteiger partial charge in [-0.25, -0.2) is 9.97 Å². The van der Waals surface area contributed by atoms with E-state index in [0.717, 1.165) is 29.6 Å². The van der Waals surface area contributed by atoms with E-state index in [2.05, 4.69) is 29.0 Å². The smallest absolute Gasteiger partial charge is 0.141 e. The molecule has 21 heavy (non-hydrogen) atoms. The number of thiophene rings is 1. The molecule has 4 nitrogen and oxygen atoms in total. The lowest BCUT2D eigenvalue weighted by Crippen LogP contribution is -2.36. The van der Waals surface area contributed by atoms with Crippen molar-refractivity contribution in [3.05, 3.63) is 16.3 Å². The number of fused-ring (bicyclic) bond motifs is 3. The quantitative estimate of drug-likeness (QED) is 0.879. The SMILES string of the molecule is Cc1nc(N2CCC3CCC(C2)N3)c2c(C)c(C)sc2n1. The van der Waals surface area contributed by atoms with E-state index < -0.39 is 0 Å². The number of rotatable bonds is 1. The van der Waals surface area contributed by atoms with E-state index in [1.165, 1.54) is 35.1 Å². The van der Waals surface area contributed by atoms with Crippen LogP contribution in [0.2, 0.25) is 0 Å². The Labute approximate surface area is 129 Å². The van der Waals surface area contributed by atoms with Gasteiger partial charge in [0.2, 0.25) is 0 Å². The van der Waals surface area contributed by atoms with E-state index in [4.69, 9.17) is 4.98 Å². The van der Waals surface area contributed by atoms with Crippen LogP contribution in [0, 0.1) is 20.8 Å². The minimum Gasteiger partial charge on any atom is -0.354 e. The Morgan fingerprint density at radius 2 is 1.90 bits per heavy atom.